The van der Waals surface area contributed by atoms with Crippen LogP contribution in [0, 0.1) is 16.0 Å². The lowest BCUT2D eigenvalue weighted by atomic mass is 10.0. The van der Waals surface area contributed by atoms with Gasteiger partial charge in [0.05, 0.1) is 11.0 Å². The number of rotatable bonds is 8. The second-order valence-electron chi connectivity index (χ2n) is 5.17. The highest BCUT2D eigenvalue weighted by Crippen LogP contribution is 2.31. The number of nitrogens with one attached hydrogen (secondary N) is 1. The lowest BCUT2D eigenvalue weighted by molar-refractivity contribution is -0.386. The quantitative estimate of drug-likeness (QED) is 0.571. The summed E-state index contributed by atoms with van der Waals surface area (Å²) in [7, 11) is 0. The van der Waals surface area contributed by atoms with Crippen LogP contribution in [0.15, 0.2) is 18.2 Å². The zero-order chi connectivity index (χ0) is 15.1. The number of ether oxygens (including phenoxy) is 1. The van der Waals surface area contributed by atoms with Crippen LogP contribution in [0.5, 0.6) is 5.75 Å². The highest BCUT2D eigenvalue weighted by atomic mass is 16.6. The Morgan fingerprint density at radius 3 is 2.45 bits per heavy atom. The number of benzene rings is 1. The molecule has 0 aliphatic carbocycles. The molecule has 0 unspecified atom stereocenters. The Bertz CT molecular complexity index is 443. The smallest absolute Gasteiger partial charge is 0.311 e. The molecule has 5 nitrogen and oxygen atoms in total. The van der Waals surface area contributed by atoms with Gasteiger partial charge in [0, 0.05) is 24.4 Å². The van der Waals surface area contributed by atoms with Gasteiger partial charge in [0.1, 0.15) is 0 Å². The molecule has 0 saturated carbocycles. The minimum atomic E-state index is -0.414. The fraction of sp³-hybridized carbons (Fsp3) is 0.600. The summed E-state index contributed by atoms with van der Waals surface area (Å²) < 4.78 is 5.53. The van der Waals surface area contributed by atoms with Gasteiger partial charge in [0.25, 0.3) is 0 Å². The maximum absolute atomic E-state index is 11.0. The van der Waals surface area contributed by atoms with E-state index in [1.807, 2.05) is 13.8 Å². The predicted octanol–water partition coefficient (Wildman–Crippen LogP) is 4.23. The third-order valence-corrected chi connectivity index (χ3v) is 3.27. The van der Waals surface area contributed by atoms with E-state index in [0.717, 1.165) is 25.1 Å². The van der Waals surface area contributed by atoms with Crippen molar-refractivity contribution in [3.8, 4) is 5.75 Å². The van der Waals surface area contributed by atoms with Gasteiger partial charge >= 0.3 is 5.69 Å². The molecule has 1 aromatic rings. The van der Waals surface area contributed by atoms with Gasteiger partial charge in [-0.05, 0) is 25.8 Å². The summed E-state index contributed by atoms with van der Waals surface area (Å²) in [6.45, 7) is 8.91. The molecule has 0 saturated heterocycles. The summed E-state index contributed by atoms with van der Waals surface area (Å²) in [6.07, 6.45) is 2.14. The van der Waals surface area contributed by atoms with Crippen LogP contribution >= 0.6 is 0 Å². The van der Waals surface area contributed by atoms with Crippen LogP contribution in [0.4, 0.5) is 11.4 Å². The van der Waals surface area contributed by atoms with Crippen LogP contribution in [0.1, 0.15) is 40.5 Å². The number of anilines is 1. The molecule has 0 bridgehead atoms. The van der Waals surface area contributed by atoms with Crippen LogP contribution in [0.2, 0.25) is 0 Å². The van der Waals surface area contributed by atoms with Crippen molar-refractivity contribution in [1.82, 2.24) is 0 Å². The molecule has 0 aliphatic heterocycles. The Morgan fingerprint density at radius 2 is 1.95 bits per heavy atom. The number of nitro groups is 1. The summed E-state index contributed by atoms with van der Waals surface area (Å²) in [4.78, 5) is 10.6. The molecular weight excluding hydrogens is 256 g/mol. The topological polar surface area (TPSA) is 64.4 Å². The van der Waals surface area contributed by atoms with Crippen molar-refractivity contribution < 1.29 is 9.66 Å². The van der Waals surface area contributed by atoms with E-state index in [1.165, 1.54) is 6.07 Å². The van der Waals surface area contributed by atoms with Gasteiger partial charge in [-0.3, -0.25) is 10.1 Å². The van der Waals surface area contributed by atoms with Crippen molar-refractivity contribution in [3.63, 3.8) is 0 Å². The molecule has 5 heteroatoms. The Labute approximate surface area is 120 Å². The first-order valence-electron chi connectivity index (χ1n) is 7.16. The lowest BCUT2D eigenvalue weighted by Crippen LogP contribution is -2.13. The number of nitro benzene ring substituents is 1. The van der Waals surface area contributed by atoms with Crippen molar-refractivity contribution in [2.75, 3.05) is 11.9 Å². The van der Waals surface area contributed by atoms with Crippen molar-refractivity contribution in [1.29, 1.82) is 0 Å². The van der Waals surface area contributed by atoms with Crippen LogP contribution in [0.3, 0.4) is 0 Å². The largest absolute Gasteiger partial charge is 0.484 e. The van der Waals surface area contributed by atoms with E-state index in [9.17, 15) is 10.1 Å². The molecule has 0 aromatic heterocycles. The van der Waals surface area contributed by atoms with E-state index in [0.29, 0.717) is 11.7 Å². The first-order chi connectivity index (χ1) is 9.47. The Hall–Kier alpha value is -1.78. The average Bonchev–Trinajstić information content (AvgIpc) is 2.39. The molecule has 0 fully saturated rings. The molecular formula is C15H24N2O3. The van der Waals surface area contributed by atoms with Crippen LogP contribution in [-0.4, -0.2) is 17.6 Å². The highest BCUT2D eigenvalue weighted by molar-refractivity contribution is 5.58. The van der Waals surface area contributed by atoms with Crippen molar-refractivity contribution >= 4 is 11.4 Å². The molecule has 1 N–H and O–H groups in total. The van der Waals surface area contributed by atoms with Gasteiger partial charge in [-0.1, -0.05) is 26.7 Å². The summed E-state index contributed by atoms with van der Waals surface area (Å²) in [5.41, 5.74) is 0.866. The monoisotopic (exact) mass is 280 g/mol. The molecule has 1 aromatic carbocycles. The fourth-order valence-electron chi connectivity index (χ4n) is 1.96. The van der Waals surface area contributed by atoms with Crippen molar-refractivity contribution in [2.24, 2.45) is 5.92 Å². The SMILES string of the molecule is CCC(CC)CNc1ccc([N+](=O)[O-])c(OC(C)C)c1. The summed E-state index contributed by atoms with van der Waals surface area (Å²) in [5, 5.41) is 14.3. The summed E-state index contributed by atoms with van der Waals surface area (Å²) in [6, 6.07) is 4.93. The second-order valence-corrected chi connectivity index (χ2v) is 5.17. The number of nitrogens with zero attached hydrogens (tertiary/aromatic N) is 1. The van der Waals surface area contributed by atoms with Gasteiger partial charge in [-0.2, -0.15) is 0 Å². The zero-order valence-electron chi connectivity index (χ0n) is 12.7. The van der Waals surface area contributed by atoms with E-state index >= 15 is 0 Å². The molecule has 0 spiro atoms. The first kappa shape index (κ1) is 16.3. The van der Waals surface area contributed by atoms with Crippen molar-refractivity contribution in [3.05, 3.63) is 28.3 Å². The molecule has 0 atom stereocenters. The third kappa shape index (κ3) is 4.72. The van der Waals surface area contributed by atoms with Gasteiger partial charge in [-0.25, -0.2) is 0 Å². The van der Waals surface area contributed by atoms with E-state index < -0.39 is 4.92 Å². The first-order valence-corrected chi connectivity index (χ1v) is 7.16. The van der Waals surface area contributed by atoms with Gasteiger partial charge in [0.2, 0.25) is 0 Å². The highest BCUT2D eigenvalue weighted by Gasteiger charge is 2.17. The van der Waals surface area contributed by atoms with Gasteiger partial charge in [-0.15, -0.1) is 0 Å². The van der Waals surface area contributed by atoms with E-state index in [-0.39, 0.29) is 11.8 Å². The van der Waals surface area contributed by atoms with Crippen LogP contribution < -0.4 is 10.1 Å². The minimum absolute atomic E-state index is 0.00628. The summed E-state index contributed by atoms with van der Waals surface area (Å²) in [5.74, 6) is 0.930. The predicted molar refractivity (Wildman–Crippen MR) is 81.4 cm³/mol. The standard InChI is InChI=1S/C15H24N2O3/c1-5-12(6-2)10-16-13-7-8-14(17(18)19)15(9-13)20-11(3)4/h7-9,11-12,16H,5-6,10H2,1-4H3. The fourth-order valence-corrected chi connectivity index (χ4v) is 1.96. The van der Waals surface area contributed by atoms with Crippen LogP contribution in [-0.2, 0) is 0 Å². The van der Waals surface area contributed by atoms with E-state index in [1.54, 1.807) is 12.1 Å². The number of hydrogen-bond donors (Lipinski definition) is 1. The Kier molecular flexibility index (Phi) is 6.28. The van der Waals surface area contributed by atoms with E-state index in [2.05, 4.69) is 19.2 Å². The molecule has 0 radical (unpaired) electrons. The van der Waals surface area contributed by atoms with Crippen molar-refractivity contribution in [2.45, 2.75) is 46.6 Å². The maximum atomic E-state index is 11.0. The lowest BCUT2D eigenvalue weighted by Gasteiger charge is -2.16. The molecule has 0 aliphatic rings. The molecule has 20 heavy (non-hydrogen) atoms. The van der Waals surface area contributed by atoms with E-state index in [4.69, 9.17) is 4.74 Å². The van der Waals surface area contributed by atoms with Crippen LogP contribution in [0.25, 0.3) is 0 Å². The minimum Gasteiger partial charge on any atom is -0.484 e. The second kappa shape index (κ2) is 7.72. The average molecular weight is 280 g/mol. The number of hydrogen-bond acceptors (Lipinski definition) is 4. The Balaban J connectivity index is 2.86. The molecule has 0 amide bonds. The van der Waals surface area contributed by atoms with Gasteiger partial charge in [0.15, 0.2) is 5.75 Å². The maximum Gasteiger partial charge on any atom is 0.311 e. The molecule has 1 rings (SSSR count). The zero-order valence-corrected chi connectivity index (χ0v) is 12.7. The molecule has 0 heterocycles. The molecule has 112 valence electrons. The third-order valence-electron chi connectivity index (χ3n) is 3.27. The normalized spacial score (nSPS) is 10.9. The summed E-state index contributed by atoms with van der Waals surface area (Å²) >= 11 is 0. The van der Waals surface area contributed by atoms with Gasteiger partial charge < -0.3 is 10.1 Å². The Morgan fingerprint density at radius 1 is 1.30 bits per heavy atom.